The zero-order valence-corrected chi connectivity index (χ0v) is 17.8. The minimum atomic E-state index is -3.02. The van der Waals surface area contributed by atoms with E-state index in [0.717, 1.165) is 20.8 Å². The van der Waals surface area contributed by atoms with E-state index in [4.69, 9.17) is 0 Å². The van der Waals surface area contributed by atoms with Crippen LogP contribution in [0.1, 0.15) is 16.6 Å². The Labute approximate surface area is 174 Å². The summed E-state index contributed by atoms with van der Waals surface area (Å²) in [7, 11) is -1.23. The monoisotopic (exact) mass is 429 g/mol. The molecule has 1 aliphatic heterocycles. The molecule has 29 heavy (non-hydrogen) atoms. The molecule has 0 N–H and O–H groups in total. The molecule has 1 unspecified atom stereocenters. The molecule has 0 saturated carbocycles. The quantitative estimate of drug-likeness (QED) is 0.624. The third-order valence-electron chi connectivity index (χ3n) is 5.18. The average molecular weight is 430 g/mol. The third kappa shape index (κ3) is 4.49. The molecule has 1 amide bonds. The Morgan fingerprint density at radius 3 is 2.45 bits per heavy atom. The van der Waals surface area contributed by atoms with Crippen LogP contribution in [0.3, 0.4) is 0 Å². The van der Waals surface area contributed by atoms with Gasteiger partial charge in [0.15, 0.2) is 9.84 Å². The molecule has 8 heteroatoms. The van der Waals surface area contributed by atoms with Crippen molar-refractivity contribution in [1.82, 2.24) is 14.8 Å². The number of para-hydroxylation sites is 1. The van der Waals surface area contributed by atoms with Crippen LogP contribution in [-0.4, -0.2) is 60.8 Å². The van der Waals surface area contributed by atoms with Gasteiger partial charge in [0, 0.05) is 20.1 Å². The molecule has 0 bridgehead atoms. The highest BCUT2D eigenvalue weighted by Crippen LogP contribution is 2.27. The van der Waals surface area contributed by atoms with Crippen LogP contribution in [-0.2, 0) is 21.2 Å². The predicted octanol–water partition coefficient (Wildman–Crippen LogP) is 2.73. The number of thiazole rings is 1. The second kappa shape index (κ2) is 8.22. The van der Waals surface area contributed by atoms with Crippen LogP contribution in [0.5, 0.6) is 0 Å². The number of carbonyl (C=O) groups is 1. The van der Waals surface area contributed by atoms with Gasteiger partial charge in [-0.05, 0) is 17.7 Å². The molecule has 1 fully saturated rings. The summed E-state index contributed by atoms with van der Waals surface area (Å²) in [5, 5.41) is 0.884. The fourth-order valence-electron chi connectivity index (χ4n) is 3.61. The van der Waals surface area contributed by atoms with E-state index in [1.807, 2.05) is 59.5 Å². The third-order valence-corrected chi connectivity index (χ3v) is 7.81. The maximum atomic E-state index is 13.4. The highest BCUT2D eigenvalue weighted by Gasteiger charge is 2.34. The lowest BCUT2D eigenvalue weighted by molar-refractivity contribution is -0.136. The predicted molar refractivity (Wildman–Crippen MR) is 116 cm³/mol. The SMILES string of the molecule is CN(Cc1nc2ccccc2s1)C(=O)C(c1ccccc1)N1CCS(=O)(=O)CC1. The van der Waals surface area contributed by atoms with E-state index in [9.17, 15) is 13.2 Å². The van der Waals surface area contributed by atoms with E-state index in [1.54, 1.807) is 23.3 Å². The van der Waals surface area contributed by atoms with E-state index in [0.29, 0.717) is 19.6 Å². The van der Waals surface area contributed by atoms with Crippen LogP contribution < -0.4 is 0 Å². The van der Waals surface area contributed by atoms with Crippen LogP contribution in [0.4, 0.5) is 0 Å². The number of carbonyl (C=O) groups excluding carboxylic acids is 1. The maximum Gasteiger partial charge on any atom is 0.244 e. The van der Waals surface area contributed by atoms with Gasteiger partial charge in [0.25, 0.3) is 0 Å². The first kappa shape index (κ1) is 20.0. The molecule has 0 spiro atoms. The van der Waals surface area contributed by atoms with E-state index < -0.39 is 15.9 Å². The van der Waals surface area contributed by atoms with Crippen LogP contribution in [0.25, 0.3) is 10.2 Å². The van der Waals surface area contributed by atoms with Crippen LogP contribution in [0.15, 0.2) is 54.6 Å². The smallest absolute Gasteiger partial charge is 0.244 e. The Hall–Kier alpha value is -2.29. The van der Waals surface area contributed by atoms with Crippen molar-refractivity contribution >= 4 is 37.3 Å². The first-order valence-electron chi connectivity index (χ1n) is 9.52. The molecule has 3 aromatic rings. The van der Waals surface area contributed by atoms with Gasteiger partial charge in [0.2, 0.25) is 5.91 Å². The van der Waals surface area contributed by atoms with Gasteiger partial charge in [0.05, 0.1) is 28.3 Å². The largest absolute Gasteiger partial charge is 0.337 e. The van der Waals surface area contributed by atoms with Gasteiger partial charge >= 0.3 is 0 Å². The molecule has 0 radical (unpaired) electrons. The topological polar surface area (TPSA) is 70.6 Å². The van der Waals surface area contributed by atoms with Crippen molar-refractivity contribution in [3.63, 3.8) is 0 Å². The minimum absolute atomic E-state index is 0.0465. The van der Waals surface area contributed by atoms with E-state index >= 15 is 0 Å². The molecule has 1 aliphatic rings. The van der Waals surface area contributed by atoms with Crippen molar-refractivity contribution in [3.8, 4) is 0 Å². The molecule has 6 nitrogen and oxygen atoms in total. The minimum Gasteiger partial charge on any atom is -0.337 e. The molecule has 2 heterocycles. The molecule has 2 aromatic carbocycles. The average Bonchev–Trinajstić information content (AvgIpc) is 3.12. The highest BCUT2D eigenvalue weighted by atomic mass is 32.2. The number of hydrogen-bond donors (Lipinski definition) is 0. The molecular formula is C21H23N3O3S2. The maximum absolute atomic E-state index is 13.4. The normalized spacial score (nSPS) is 17.8. The number of benzene rings is 2. The lowest BCUT2D eigenvalue weighted by Crippen LogP contribution is -2.47. The van der Waals surface area contributed by atoms with Gasteiger partial charge in [-0.25, -0.2) is 13.4 Å². The molecule has 1 atom stereocenters. The Balaban J connectivity index is 1.57. The number of hydrogen-bond acceptors (Lipinski definition) is 6. The van der Waals surface area contributed by atoms with Crippen molar-refractivity contribution in [2.24, 2.45) is 0 Å². The second-order valence-electron chi connectivity index (χ2n) is 7.27. The lowest BCUT2D eigenvalue weighted by Gasteiger charge is -2.35. The number of amides is 1. The molecular weight excluding hydrogens is 406 g/mol. The van der Waals surface area contributed by atoms with Crippen LogP contribution in [0, 0.1) is 0 Å². The zero-order chi connectivity index (χ0) is 20.4. The van der Waals surface area contributed by atoms with Crippen molar-refractivity contribution in [2.45, 2.75) is 12.6 Å². The zero-order valence-electron chi connectivity index (χ0n) is 16.2. The van der Waals surface area contributed by atoms with Gasteiger partial charge in [-0.3, -0.25) is 9.69 Å². The second-order valence-corrected chi connectivity index (χ2v) is 10.7. The Bertz CT molecular complexity index is 1070. The van der Waals surface area contributed by atoms with Gasteiger partial charge in [-0.15, -0.1) is 11.3 Å². The lowest BCUT2D eigenvalue weighted by atomic mass is 10.0. The molecule has 1 aromatic heterocycles. The van der Waals surface area contributed by atoms with Crippen LogP contribution in [0.2, 0.25) is 0 Å². The van der Waals surface area contributed by atoms with E-state index in [2.05, 4.69) is 4.98 Å². The number of fused-ring (bicyclic) bond motifs is 1. The van der Waals surface area contributed by atoms with E-state index in [1.165, 1.54) is 0 Å². The number of sulfone groups is 1. The fourth-order valence-corrected chi connectivity index (χ4v) is 5.86. The Kier molecular flexibility index (Phi) is 5.67. The van der Waals surface area contributed by atoms with Gasteiger partial charge in [-0.1, -0.05) is 42.5 Å². The van der Waals surface area contributed by atoms with Gasteiger partial charge in [-0.2, -0.15) is 0 Å². The number of aromatic nitrogens is 1. The fraction of sp³-hybridized carbons (Fsp3) is 0.333. The van der Waals surface area contributed by atoms with Crippen LogP contribution >= 0.6 is 11.3 Å². The van der Waals surface area contributed by atoms with Crippen molar-refractivity contribution in [3.05, 3.63) is 65.2 Å². The summed E-state index contributed by atoms with van der Waals surface area (Å²) in [5.74, 6) is 0.130. The molecule has 0 aliphatic carbocycles. The summed E-state index contributed by atoms with van der Waals surface area (Å²) >= 11 is 1.59. The van der Waals surface area contributed by atoms with Crippen molar-refractivity contribution in [2.75, 3.05) is 31.6 Å². The standard InChI is InChI=1S/C21H23N3O3S2/c1-23(15-19-22-17-9-5-6-10-18(17)28-19)21(25)20(16-7-3-2-4-8-16)24-11-13-29(26,27)14-12-24/h2-10,20H,11-15H2,1H3. The highest BCUT2D eigenvalue weighted by molar-refractivity contribution is 7.91. The molecule has 1 saturated heterocycles. The summed E-state index contributed by atoms with van der Waals surface area (Å²) in [6.07, 6.45) is 0. The summed E-state index contributed by atoms with van der Waals surface area (Å²) in [6.45, 7) is 1.15. The number of likely N-dealkylation sites (N-methyl/N-ethyl adjacent to an activating group) is 1. The number of rotatable bonds is 5. The molecule has 152 valence electrons. The Morgan fingerprint density at radius 1 is 1.10 bits per heavy atom. The first-order chi connectivity index (χ1) is 13.9. The summed E-state index contributed by atoms with van der Waals surface area (Å²) < 4.78 is 24.8. The van der Waals surface area contributed by atoms with E-state index in [-0.39, 0.29) is 17.4 Å². The van der Waals surface area contributed by atoms with Crippen molar-refractivity contribution in [1.29, 1.82) is 0 Å². The summed E-state index contributed by atoms with van der Waals surface area (Å²) in [6, 6.07) is 17.0. The molecule has 4 rings (SSSR count). The van der Waals surface area contributed by atoms with Crippen molar-refractivity contribution < 1.29 is 13.2 Å². The van der Waals surface area contributed by atoms with Gasteiger partial charge < -0.3 is 4.90 Å². The Morgan fingerprint density at radius 2 is 1.76 bits per heavy atom. The van der Waals surface area contributed by atoms with Gasteiger partial charge in [0.1, 0.15) is 11.0 Å². The summed E-state index contributed by atoms with van der Waals surface area (Å²) in [5.41, 5.74) is 1.82. The summed E-state index contributed by atoms with van der Waals surface area (Å²) in [4.78, 5) is 21.7. The number of nitrogens with zero attached hydrogens (tertiary/aromatic N) is 3. The first-order valence-corrected chi connectivity index (χ1v) is 12.2.